The smallest absolute Gasteiger partial charge is 0.410 e. The van der Waals surface area contributed by atoms with Gasteiger partial charge in [0.15, 0.2) is 14.1 Å². The Morgan fingerprint density at radius 3 is 2.19 bits per heavy atom. The van der Waals surface area contributed by atoms with Crippen LogP contribution in [0.25, 0.3) is 0 Å². The third-order valence-corrected chi connectivity index (χ3v) is 13.8. The highest BCUT2D eigenvalue weighted by molar-refractivity contribution is 6.74. The van der Waals surface area contributed by atoms with Gasteiger partial charge in [-0.15, -0.1) is 0 Å². The summed E-state index contributed by atoms with van der Waals surface area (Å²) in [7, 11) is -0.542. The van der Waals surface area contributed by atoms with E-state index in [1.165, 1.54) is 6.92 Å². The Bertz CT molecular complexity index is 1560. The van der Waals surface area contributed by atoms with Crippen molar-refractivity contribution in [2.45, 2.75) is 116 Å². The number of Topliss-reactive ketones (excluding diaryl/α,β-unsaturated/α-hetero) is 1. The molecule has 0 N–H and O–H groups in total. The van der Waals surface area contributed by atoms with Crippen molar-refractivity contribution in [1.82, 2.24) is 19.8 Å². The lowest BCUT2D eigenvalue weighted by atomic mass is 10.0. The van der Waals surface area contributed by atoms with E-state index in [9.17, 15) is 14.4 Å². The van der Waals surface area contributed by atoms with Crippen molar-refractivity contribution < 1.29 is 23.5 Å². The highest BCUT2D eigenvalue weighted by atomic mass is 28.4. The topological polar surface area (TPSA) is 102 Å². The number of amides is 2. The van der Waals surface area contributed by atoms with Crippen molar-refractivity contribution in [2.24, 2.45) is 0 Å². The first kappa shape index (κ1) is 36.9. The number of benzene rings is 1. The van der Waals surface area contributed by atoms with Gasteiger partial charge in [0.25, 0.3) is 5.91 Å². The Hall–Kier alpha value is -3.89. The number of hydrogen-bond acceptors (Lipinski definition) is 7. The van der Waals surface area contributed by atoms with Gasteiger partial charge in [-0.1, -0.05) is 45.0 Å². The second kappa shape index (κ2) is 14.7. The van der Waals surface area contributed by atoms with Crippen molar-refractivity contribution in [3.05, 3.63) is 95.1 Å². The van der Waals surface area contributed by atoms with E-state index in [2.05, 4.69) is 43.8 Å². The van der Waals surface area contributed by atoms with E-state index in [0.717, 1.165) is 23.1 Å². The molecule has 1 aliphatic heterocycles. The number of likely N-dealkylation sites (tertiary alicyclic amines) is 1. The molecule has 3 aromatic rings. The lowest BCUT2D eigenvalue weighted by Crippen LogP contribution is -2.50. The molecular weight excluding hydrogens is 621 g/mol. The molecule has 0 radical (unpaired) electrons. The van der Waals surface area contributed by atoms with Gasteiger partial charge in [-0.25, -0.2) is 4.79 Å². The van der Waals surface area contributed by atoms with Crippen molar-refractivity contribution in [3.63, 3.8) is 0 Å². The number of rotatable bonds is 10. The molecule has 258 valence electrons. The number of pyridine rings is 2. The second-order valence-electron chi connectivity index (χ2n) is 15.4. The van der Waals surface area contributed by atoms with Crippen LogP contribution in [0.5, 0.6) is 0 Å². The van der Waals surface area contributed by atoms with E-state index in [4.69, 9.17) is 9.16 Å². The fourth-order valence-corrected chi connectivity index (χ4v) is 7.05. The van der Waals surface area contributed by atoms with Crippen LogP contribution >= 0.6 is 0 Å². The molecule has 0 aliphatic carbocycles. The molecule has 3 heterocycles. The molecule has 2 aromatic heterocycles. The third-order valence-electron chi connectivity index (χ3n) is 9.36. The molecule has 0 bridgehead atoms. The summed E-state index contributed by atoms with van der Waals surface area (Å²) in [4.78, 5) is 51.4. The minimum atomic E-state index is -2.33. The highest BCUT2D eigenvalue weighted by Crippen LogP contribution is 2.44. The first-order valence-corrected chi connectivity index (χ1v) is 19.7. The number of carbonyl (C=O) groups is 3. The molecule has 1 aliphatic rings. The quantitative estimate of drug-likeness (QED) is 0.159. The van der Waals surface area contributed by atoms with Crippen molar-refractivity contribution in [2.75, 3.05) is 7.05 Å². The lowest BCUT2D eigenvalue weighted by Gasteiger charge is -2.43. The molecule has 3 atom stereocenters. The molecule has 1 fully saturated rings. The largest absolute Gasteiger partial charge is 0.444 e. The molecule has 9 nitrogen and oxygen atoms in total. The van der Waals surface area contributed by atoms with Crippen LogP contribution in [-0.2, 0) is 22.1 Å². The van der Waals surface area contributed by atoms with Crippen LogP contribution < -0.4 is 0 Å². The summed E-state index contributed by atoms with van der Waals surface area (Å²) in [5.74, 6) is -0.177. The van der Waals surface area contributed by atoms with E-state index < -0.39 is 20.0 Å². The molecule has 2 amide bonds. The van der Waals surface area contributed by atoms with Crippen LogP contribution in [0.2, 0.25) is 18.1 Å². The second-order valence-corrected chi connectivity index (χ2v) is 20.2. The molecule has 1 saturated heterocycles. The fourth-order valence-electron chi connectivity index (χ4n) is 5.77. The summed E-state index contributed by atoms with van der Waals surface area (Å²) in [6, 6.07) is 14.7. The maximum atomic E-state index is 14.0. The Kier molecular flexibility index (Phi) is 11.3. The SMILES string of the molecule is CC(=O)c1ccc([C@@H](O[Si](C)(C)C(C)(C)C)[C@H]2CC[C@@H](Cc3ccc(C(=O)N(C)Cc4cccnc4)cc3)N2C(=O)OC(C)(C)C)cn1. The number of nitrogens with zero attached hydrogens (tertiary/aromatic N) is 4. The molecule has 1 aromatic carbocycles. The normalized spacial score (nSPS) is 17.6. The minimum Gasteiger partial charge on any atom is -0.444 e. The van der Waals surface area contributed by atoms with Gasteiger partial charge in [0.2, 0.25) is 0 Å². The van der Waals surface area contributed by atoms with Gasteiger partial charge in [-0.2, -0.15) is 0 Å². The van der Waals surface area contributed by atoms with Crippen LogP contribution in [0, 0.1) is 0 Å². The first-order valence-electron chi connectivity index (χ1n) is 16.8. The molecule has 4 rings (SSSR count). The van der Waals surface area contributed by atoms with Crippen LogP contribution in [0.3, 0.4) is 0 Å². The predicted molar refractivity (Wildman–Crippen MR) is 190 cm³/mol. The van der Waals surface area contributed by atoms with E-state index in [1.807, 2.05) is 68.1 Å². The monoisotopic (exact) mass is 672 g/mol. The maximum absolute atomic E-state index is 14.0. The summed E-state index contributed by atoms with van der Waals surface area (Å²) in [6.07, 6.45) is 6.44. The van der Waals surface area contributed by atoms with Crippen LogP contribution in [0.4, 0.5) is 4.79 Å². The average Bonchev–Trinajstić information content (AvgIpc) is 3.42. The molecule has 48 heavy (non-hydrogen) atoms. The molecule has 10 heteroatoms. The van der Waals surface area contributed by atoms with Gasteiger partial charge in [0.1, 0.15) is 11.3 Å². The van der Waals surface area contributed by atoms with Gasteiger partial charge in [-0.3, -0.25) is 24.5 Å². The number of ether oxygens (including phenoxy) is 1. The van der Waals surface area contributed by atoms with E-state index >= 15 is 0 Å². The number of carbonyl (C=O) groups excluding carboxylic acids is 3. The molecule has 0 saturated carbocycles. The maximum Gasteiger partial charge on any atom is 0.410 e. The average molecular weight is 673 g/mol. The Labute approximate surface area is 287 Å². The van der Waals surface area contributed by atoms with Gasteiger partial charge in [0, 0.05) is 50.7 Å². The molecule has 0 spiro atoms. The zero-order valence-corrected chi connectivity index (χ0v) is 31.2. The standard InChI is InChI=1S/C38H52N4O5Si/c1-26(43)32-19-17-30(24-40-32)34(47-48(9,10)38(5,6)7)33-20-18-31(42(33)36(45)46-37(2,3)4)22-27-13-15-29(16-14-27)35(44)41(8)25-28-12-11-21-39-23-28/h11-17,19,21,23-24,31,33-34H,18,20,22,25H2,1-10H3/t31-,33+,34+/m0/s1. The lowest BCUT2D eigenvalue weighted by molar-refractivity contribution is -0.00244. The summed E-state index contributed by atoms with van der Waals surface area (Å²) >= 11 is 0. The number of ketones is 1. The molecule has 0 unspecified atom stereocenters. The van der Waals surface area contributed by atoms with Crippen molar-refractivity contribution >= 4 is 26.1 Å². The highest BCUT2D eigenvalue weighted by Gasteiger charge is 2.48. The summed E-state index contributed by atoms with van der Waals surface area (Å²) in [5.41, 5.74) is 3.13. The number of hydrogen-bond donors (Lipinski definition) is 0. The van der Waals surface area contributed by atoms with E-state index in [1.54, 1.807) is 36.6 Å². The Morgan fingerprint density at radius 2 is 1.65 bits per heavy atom. The fraction of sp³-hybridized carbons (Fsp3) is 0.500. The van der Waals surface area contributed by atoms with Crippen LogP contribution in [-0.4, -0.2) is 70.6 Å². The van der Waals surface area contributed by atoms with Gasteiger partial charge in [-0.05, 0) is 99.1 Å². The first-order chi connectivity index (χ1) is 22.4. The summed E-state index contributed by atoms with van der Waals surface area (Å²) < 4.78 is 13.1. The van der Waals surface area contributed by atoms with Crippen molar-refractivity contribution in [3.8, 4) is 0 Å². The zero-order valence-electron chi connectivity index (χ0n) is 30.2. The van der Waals surface area contributed by atoms with Gasteiger partial charge < -0.3 is 14.1 Å². The molecular formula is C38H52N4O5Si. The summed E-state index contributed by atoms with van der Waals surface area (Å²) in [5, 5.41) is -0.0714. The number of aromatic nitrogens is 2. The summed E-state index contributed by atoms with van der Waals surface area (Å²) in [6.45, 7) is 18.6. The Morgan fingerprint density at radius 1 is 0.958 bits per heavy atom. The van der Waals surface area contributed by atoms with Crippen LogP contribution in [0.1, 0.15) is 105 Å². The van der Waals surface area contributed by atoms with Crippen LogP contribution in [0.15, 0.2) is 67.1 Å². The van der Waals surface area contributed by atoms with Gasteiger partial charge in [0.05, 0.1) is 12.1 Å². The third kappa shape index (κ3) is 9.17. The van der Waals surface area contributed by atoms with Crippen molar-refractivity contribution in [1.29, 1.82) is 0 Å². The minimum absolute atomic E-state index is 0.0714. The Balaban J connectivity index is 1.62. The predicted octanol–water partition coefficient (Wildman–Crippen LogP) is 8.03. The van der Waals surface area contributed by atoms with E-state index in [0.29, 0.717) is 30.6 Å². The van der Waals surface area contributed by atoms with Gasteiger partial charge >= 0.3 is 6.09 Å². The van der Waals surface area contributed by atoms with E-state index in [-0.39, 0.29) is 34.9 Å². The zero-order chi connectivity index (χ0) is 35.4.